The predicted octanol–water partition coefficient (Wildman–Crippen LogP) is 5.92. The minimum atomic E-state index is -0.217. The third kappa shape index (κ3) is 19.4. The Hall–Kier alpha value is -1.39. The highest BCUT2D eigenvalue weighted by Gasteiger charge is 2.08. The SMILES string of the molecule is CCCCCCCOC(=O)CCCC(=O)CCCC(=O)OCCCCCCC. The molecule has 164 valence electrons. The first-order valence-corrected chi connectivity index (χ1v) is 11.4. The molecule has 0 spiro atoms. The molecule has 0 rings (SSSR count). The van der Waals surface area contributed by atoms with Gasteiger partial charge in [-0.1, -0.05) is 65.2 Å². The minimum Gasteiger partial charge on any atom is -0.466 e. The van der Waals surface area contributed by atoms with Gasteiger partial charge in [0, 0.05) is 25.7 Å². The molecule has 5 heteroatoms. The average Bonchev–Trinajstić information content (AvgIpc) is 2.67. The van der Waals surface area contributed by atoms with Crippen LogP contribution in [0.1, 0.15) is 117 Å². The van der Waals surface area contributed by atoms with E-state index < -0.39 is 0 Å². The van der Waals surface area contributed by atoms with E-state index in [2.05, 4.69) is 13.8 Å². The highest BCUT2D eigenvalue weighted by molar-refractivity contribution is 5.79. The lowest BCUT2D eigenvalue weighted by Crippen LogP contribution is -2.08. The fourth-order valence-corrected chi connectivity index (χ4v) is 2.91. The number of hydrogen-bond donors (Lipinski definition) is 0. The molecule has 0 aromatic rings. The molecule has 0 unspecified atom stereocenters. The number of unbranched alkanes of at least 4 members (excludes halogenated alkanes) is 8. The van der Waals surface area contributed by atoms with Crippen molar-refractivity contribution in [1.82, 2.24) is 0 Å². The van der Waals surface area contributed by atoms with E-state index in [1.807, 2.05) is 0 Å². The van der Waals surface area contributed by atoms with Crippen LogP contribution in [0, 0.1) is 0 Å². The van der Waals surface area contributed by atoms with Crippen LogP contribution in [0.4, 0.5) is 0 Å². The summed E-state index contributed by atoms with van der Waals surface area (Å²) in [6.07, 6.45) is 13.6. The fraction of sp³-hybridized carbons (Fsp3) is 0.870. The molecule has 0 aromatic carbocycles. The number of Topliss-reactive ketones (excluding diaryl/α,β-unsaturated/α-hetero) is 1. The molecule has 0 aliphatic carbocycles. The maximum atomic E-state index is 11.8. The highest BCUT2D eigenvalue weighted by Crippen LogP contribution is 2.08. The molecule has 0 saturated carbocycles. The van der Waals surface area contributed by atoms with Gasteiger partial charge in [0.1, 0.15) is 5.78 Å². The molecule has 0 atom stereocenters. The first-order chi connectivity index (χ1) is 13.6. The third-order valence-corrected chi connectivity index (χ3v) is 4.69. The van der Waals surface area contributed by atoms with Crippen molar-refractivity contribution in [2.45, 2.75) is 117 Å². The van der Waals surface area contributed by atoms with Crippen LogP contribution >= 0.6 is 0 Å². The summed E-state index contributed by atoms with van der Waals surface area (Å²) < 4.78 is 10.3. The molecule has 0 N–H and O–H groups in total. The summed E-state index contributed by atoms with van der Waals surface area (Å²) in [6.45, 7) is 5.31. The van der Waals surface area contributed by atoms with E-state index in [9.17, 15) is 14.4 Å². The lowest BCUT2D eigenvalue weighted by atomic mass is 10.1. The van der Waals surface area contributed by atoms with Crippen LogP contribution in [0.15, 0.2) is 0 Å². The van der Waals surface area contributed by atoms with Gasteiger partial charge in [-0.2, -0.15) is 0 Å². The van der Waals surface area contributed by atoms with Crippen LogP contribution in [-0.2, 0) is 23.9 Å². The largest absolute Gasteiger partial charge is 0.466 e. The number of carbonyl (C=O) groups is 3. The van der Waals surface area contributed by atoms with Gasteiger partial charge in [0.25, 0.3) is 0 Å². The molecule has 0 saturated heterocycles. The van der Waals surface area contributed by atoms with Crippen LogP contribution in [0.5, 0.6) is 0 Å². The van der Waals surface area contributed by atoms with Crippen molar-refractivity contribution in [3.63, 3.8) is 0 Å². The Kier molecular flexibility index (Phi) is 19.3. The van der Waals surface area contributed by atoms with Crippen molar-refractivity contribution in [1.29, 1.82) is 0 Å². The van der Waals surface area contributed by atoms with Crippen molar-refractivity contribution >= 4 is 17.7 Å². The van der Waals surface area contributed by atoms with E-state index in [0.717, 1.165) is 25.7 Å². The predicted molar refractivity (Wildman–Crippen MR) is 112 cm³/mol. The molecule has 0 fully saturated rings. The topological polar surface area (TPSA) is 69.7 Å². The van der Waals surface area contributed by atoms with Gasteiger partial charge in [-0.25, -0.2) is 0 Å². The Morgan fingerprint density at radius 3 is 1.29 bits per heavy atom. The summed E-state index contributed by atoms with van der Waals surface area (Å²) in [7, 11) is 0. The highest BCUT2D eigenvalue weighted by atomic mass is 16.5. The summed E-state index contributed by atoms with van der Waals surface area (Å²) in [5.74, 6) is -0.337. The van der Waals surface area contributed by atoms with Gasteiger partial charge in [-0.15, -0.1) is 0 Å². The zero-order chi connectivity index (χ0) is 20.9. The summed E-state index contributed by atoms with van der Waals surface area (Å²) in [5.41, 5.74) is 0. The molecule has 0 aromatic heterocycles. The van der Waals surface area contributed by atoms with Gasteiger partial charge in [0.05, 0.1) is 13.2 Å². The molecule has 0 radical (unpaired) electrons. The zero-order valence-corrected chi connectivity index (χ0v) is 18.3. The van der Waals surface area contributed by atoms with Gasteiger partial charge >= 0.3 is 11.9 Å². The maximum Gasteiger partial charge on any atom is 0.305 e. The maximum absolute atomic E-state index is 11.8. The Bertz CT molecular complexity index is 370. The van der Waals surface area contributed by atoms with E-state index in [-0.39, 0.29) is 17.7 Å². The Morgan fingerprint density at radius 2 is 0.893 bits per heavy atom. The van der Waals surface area contributed by atoms with Crippen molar-refractivity contribution in [3.8, 4) is 0 Å². The number of hydrogen-bond acceptors (Lipinski definition) is 5. The molecule has 28 heavy (non-hydrogen) atoms. The van der Waals surface area contributed by atoms with E-state index in [4.69, 9.17) is 9.47 Å². The van der Waals surface area contributed by atoms with Crippen LogP contribution < -0.4 is 0 Å². The summed E-state index contributed by atoms with van der Waals surface area (Å²) in [4.78, 5) is 35.0. The first-order valence-electron chi connectivity index (χ1n) is 11.4. The monoisotopic (exact) mass is 398 g/mol. The second-order valence-electron chi connectivity index (χ2n) is 7.52. The summed E-state index contributed by atoms with van der Waals surface area (Å²) in [5, 5.41) is 0. The molecule has 0 bridgehead atoms. The van der Waals surface area contributed by atoms with Gasteiger partial charge in [0.2, 0.25) is 0 Å². The van der Waals surface area contributed by atoms with Crippen molar-refractivity contribution in [2.75, 3.05) is 13.2 Å². The van der Waals surface area contributed by atoms with Crippen LogP contribution in [-0.4, -0.2) is 30.9 Å². The fourth-order valence-electron chi connectivity index (χ4n) is 2.91. The third-order valence-electron chi connectivity index (χ3n) is 4.69. The summed E-state index contributed by atoms with van der Waals surface area (Å²) in [6, 6.07) is 0. The quantitative estimate of drug-likeness (QED) is 0.188. The van der Waals surface area contributed by atoms with E-state index in [0.29, 0.717) is 51.7 Å². The van der Waals surface area contributed by atoms with Crippen molar-refractivity contribution in [2.24, 2.45) is 0 Å². The lowest BCUT2D eigenvalue weighted by molar-refractivity contribution is -0.144. The van der Waals surface area contributed by atoms with Gasteiger partial charge in [-0.05, 0) is 25.7 Å². The van der Waals surface area contributed by atoms with Crippen LogP contribution in [0.25, 0.3) is 0 Å². The Morgan fingerprint density at radius 1 is 0.500 bits per heavy atom. The summed E-state index contributed by atoms with van der Waals surface area (Å²) >= 11 is 0. The zero-order valence-electron chi connectivity index (χ0n) is 18.3. The average molecular weight is 399 g/mol. The number of carbonyl (C=O) groups excluding carboxylic acids is 3. The smallest absolute Gasteiger partial charge is 0.305 e. The normalized spacial score (nSPS) is 10.6. The van der Waals surface area contributed by atoms with Crippen molar-refractivity contribution < 1.29 is 23.9 Å². The molecular formula is C23H42O5. The van der Waals surface area contributed by atoms with Crippen molar-refractivity contribution in [3.05, 3.63) is 0 Å². The first kappa shape index (κ1) is 26.6. The molecule has 0 aliphatic heterocycles. The van der Waals surface area contributed by atoms with Gasteiger partial charge in [0.15, 0.2) is 0 Å². The molecule has 5 nitrogen and oxygen atoms in total. The Balaban J connectivity index is 3.46. The number of esters is 2. The second kappa shape index (κ2) is 20.3. The molecule has 0 heterocycles. The standard InChI is InChI=1S/C23H42O5/c1-3-5-7-9-11-19-27-22(25)17-13-15-21(24)16-14-18-23(26)28-20-12-10-8-6-4-2/h3-20H2,1-2H3. The Labute approximate surface area is 171 Å². The second-order valence-corrected chi connectivity index (χ2v) is 7.52. The van der Waals surface area contributed by atoms with E-state index in [1.54, 1.807) is 0 Å². The van der Waals surface area contributed by atoms with Gasteiger partial charge in [-0.3, -0.25) is 14.4 Å². The van der Waals surface area contributed by atoms with Gasteiger partial charge < -0.3 is 9.47 Å². The molecule has 0 amide bonds. The minimum absolute atomic E-state index is 0.0970. The van der Waals surface area contributed by atoms with Crippen LogP contribution in [0.3, 0.4) is 0 Å². The van der Waals surface area contributed by atoms with E-state index in [1.165, 1.54) is 38.5 Å². The lowest BCUT2D eigenvalue weighted by Gasteiger charge is -2.05. The molecule has 0 aliphatic rings. The molecular weight excluding hydrogens is 356 g/mol. The van der Waals surface area contributed by atoms with Crippen LogP contribution in [0.2, 0.25) is 0 Å². The number of ether oxygens (including phenoxy) is 2. The van der Waals surface area contributed by atoms with E-state index >= 15 is 0 Å². The number of ketones is 1. The number of rotatable bonds is 20.